The summed E-state index contributed by atoms with van der Waals surface area (Å²) in [5.41, 5.74) is -2.79. The number of likely N-dealkylation sites (N-methyl/N-ethyl adjacent to an activating group) is 1. The molecule has 5 rings (SSSR count). The molecule has 236 valence electrons. The molecule has 1 amide bonds. The predicted octanol–water partition coefficient (Wildman–Crippen LogP) is 4.06. The first-order valence-corrected chi connectivity index (χ1v) is 14.3. The van der Waals surface area contributed by atoms with Gasteiger partial charge in [0.05, 0.1) is 29.0 Å². The van der Waals surface area contributed by atoms with Crippen LogP contribution in [0, 0.1) is 11.6 Å². The van der Waals surface area contributed by atoms with Gasteiger partial charge in [0.15, 0.2) is 5.82 Å². The zero-order valence-corrected chi connectivity index (χ0v) is 25.2. The van der Waals surface area contributed by atoms with E-state index < -0.39 is 46.2 Å². The Kier molecular flexibility index (Phi) is 8.93. The van der Waals surface area contributed by atoms with E-state index in [1.165, 1.54) is 19.4 Å². The average molecular weight is 618 g/mol. The number of carbonyl (C=O) groups excluding carboxylic acids is 1. The largest absolute Gasteiger partial charge is 0.372 e. The SMILES string of the molecule is C[C@@H]1CN(c2ncc(-c3c(F)cc(N4CCN(C)[C@@H](C)C4)c(NC(=O)c4cn(C)c(=O)cc4C(F)F)c3F)cn2)C[C@H](C)O1. The lowest BCUT2D eigenvalue weighted by Crippen LogP contribution is -2.50. The summed E-state index contributed by atoms with van der Waals surface area (Å²) in [7, 11) is 3.24. The van der Waals surface area contributed by atoms with E-state index in [-0.39, 0.29) is 35.2 Å². The second-order valence-corrected chi connectivity index (χ2v) is 11.5. The number of ether oxygens (including phenoxy) is 1. The normalized spacial score (nSPS) is 21.2. The number of halogens is 4. The van der Waals surface area contributed by atoms with Gasteiger partial charge in [-0.2, -0.15) is 0 Å². The van der Waals surface area contributed by atoms with Crippen LogP contribution in [0.25, 0.3) is 11.1 Å². The molecule has 2 aliphatic heterocycles. The van der Waals surface area contributed by atoms with E-state index in [4.69, 9.17) is 4.74 Å². The summed E-state index contributed by atoms with van der Waals surface area (Å²) in [6, 6.07) is 1.82. The summed E-state index contributed by atoms with van der Waals surface area (Å²) in [4.78, 5) is 39.9. The number of alkyl halides is 2. The molecule has 0 saturated carbocycles. The number of nitrogens with zero attached hydrogens (tertiary/aromatic N) is 6. The number of carbonyl (C=O) groups is 1. The van der Waals surface area contributed by atoms with Crippen molar-refractivity contribution in [3.63, 3.8) is 0 Å². The third-order valence-corrected chi connectivity index (χ3v) is 8.11. The monoisotopic (exact) mass is 617 g/mol. The molecule has 2 fully saturated rings. The van der Waals surface area contributed by atoms with Crippen molar-refractivity contribution >= 4 is 23.2 Å². The van der Waals surface area contributed by atoms with Crippen molar-refractivity contribution in [3.05, 3.63) is 63.8 Å². The summed E-state index contributed by atoms with van der Waals surface area (Å²) in [5.74, 6) is -2.70. The highest BCUT2D eigenvalue weighted by atomic mass is 19.3. The van der Waals surface area contributed by atoms with E-state index in [1.54, 1.807) is 4.90 Å². The predicted molar refractivity (Wildman–Crippen MR) is 159 cm³/mol. The van der Waals surface area contributed by atoms with Crippen molar-refractivity contribution in [2.24, 2.45) is 7.05 Å². The molecule has 2 saturated heterocycles. The molecule has 1 N–H and O–H groups in total. The van der Waals surface area contributed by atoms with Gasteiger partial charge in [0.1, 0.15) is 11.5 Å². The third-order valence-electron chi connectivity index (χ3n) is 8.11. The number of rotatable bonds is 6. The Hall–Kier alpha value is -4.04. The Bertz CT molecular complexity index is 1590. The Labute approximate surface area is 252 Å². The first-order valence-electron chi connectivity index (χ1n) is 14.3. The maximum Gasteiger partial charge on any atom is 0.264 e. The van der Waals surface area contributed by atoms with Crippen LogP contribution in [0.3, 0.4) is 0 Å². The van der Waals surface area contributed by atoms with Crippen LogP contribution in [0.4, 0.5) is 34.9 Å². The number of pyridine rings is 1. The molecule has 0 radical (unpaired) electrons. The van der Waals surface area contributed by atoms with E-state index in [0.717, 1.165) is 16.8 Å². The summed E-state index contributed by atoms with van der Waals surface area (Å²) >= 11 is 0. The lowest BCUT2D eigenvalue weighted by atomic mass is 10.0. The van der Waals surface area contributed by atoms with Crippen molar-refractivity contribution in [1.82, 2.24) is 19.4 Å². The fraction of sp³-hybridized carbons (Fsp3) is 0.467. The third kappa shape index (κ3) is 6.27. The number of benzene rings is 1. The van der Waals surface area contributed by atoms with Crippen LogP contribution in [0.2, 0.25) is 0 Å². The van der Waals surface area contributed by atoms with Gasteiger partial charge in [-0.15, -0.1) is 0 Å². The Morgan fingerprint density at radius 3 is 2.27 bits per heavy atom. The van der Waals surface area contributed by atoms with Gasteiger partial charge in [-0.25, -0.2) is 27.5 Å². The van der Waals surface area contributed by atoms with E-state index in [9.17, 15) is 18.4 Å². The lowest BCUT2D eigenvalue weighted by molar-refractivity contribution is -0.00572. The van der Waals surface area contributed by atoms with Gasteiger partial charge < -0.3 is 29.3 Å². The molecule has 10 nitrogen and oxygen atoms in total. The Morgan fingerprint density at radius 1 is 1.00 bits per heavy atom. The van der Waals surface area contributed by atoms with Crippen LogP contribution in [0.5, 0.6) is 0 Å². The highest BCUT2D eigenvalue weighted by Crippen LogP contribution is 2.39. The van der Waals surface area contributed by atoms with Crippen LogP contribution >= 0.6 is 0 Å². The molecule has 2 aliphatic rings. The molecule has 4 heterocycles. The van der Waals surface area contributed by atoms with E-state index in [0.29, 0.717) is 44.7 Å². The molecule has 14 heteroatoms. The molecule has 0 spiro atoms. The van der Waals surface area contributed by atoms with Crippen molar-refractivity contribution < 1.29 is 27.1 Å². The molecule has 1 aromatic carbocycles. The van der Waals surface area contributed by atoms with Gasteiger partial charge in [0, 0.05) is 87.7 Å². The Morgan fingerprint density at radius 2 is 1.66 bits per heavy atom. The number of amides is 1. The highest BCUT2D eigenvalue weighted by molar-refractivity contribution is 6.07. The minimum atomic E-state index is -3.13. The molecule has 3 aromatic rings. The fourth-order valence-corrected chi connectivity index (χ4v) is 5.66. The zero-order chi connectivity index (χ0) is 31.9. The number of aromatic nitrogens is 3. The standard InChI is InChI=1S/C30H35F4N7O3/c1-16-12-40(7-6-38(16)4)23-9-22(31)25(19-10-35-30(36-11-19)41-13-17(2)44-18(3)14-41)26(32)27(23)37-29(43)21-15-39(5)24(42)8-20(21)28(33)34/h8-11,15-18,28H,6-7,12-14H2,1-5H3,(H,37,43)/t16-,17-,18+/m0/s1. The topological polar surface area (TPSA) is 95.8 Å². The van der Waals surface area contributed by atoms with Gasteiger partial charge in [-0.1, -0.05) is 0 Å². The molecule has 0 bridgehead atoms. The molecular formula is C30H35F4N7O3. The average Bonchev–Trinajstić information content (AvgIpc) is 2.96. The summed E-state index contributed by atoms with van der Waals surface area (Å²) < 4.78 is 66.6. The number of piperazine rings is 1. The highest BCUT2D eigenvalue weighted by Gasteiger charge is 2.30. The van der Waals surface area contributed by atoms with E-state index in [2.05, 4.69) is 20.2 Å². The second kappa shape index (κ2) is 12.5. The number of aryl methyl sites for hydroxylation is 1. The quantitative estimate of drug-likeness (QED) is 0.414. The molecule has 0 unspecified atom stereocenters. The maximum atomic E-state index is 16.5. The van der Waals surface area contributed by atoms with Crippen LogP contribution < -0.4 is 20.7 Å². The molecule has 2 aromatic heterocycles. The van der Waals surface area contributed by atoms with E-state index in [1.807, 2.05) is 32.7 Å². The Balaban J connectivity index is 1.57. The van der Waals surface area contributed by atoms with Crippen LogP contribution in [0.1, 0.15) is 43.1 Å². The zero-order valence-electron chi connectivity index (χ0n) is 25.2. The van der Waals surface area contributed by atoms with Crippen molar-refractivity contribution in [1.29, 1.82) is 0 Å². The van der Waals surface area contributed by atoms with E-state index >= 15 is 8.78 Å². The number of nitrogens with one attached hydrogen (secondary N) is 1. The van der Waals surface area contributed by atoms with Crippen molar-refractivity contribution in [3.8, 4) is 11.1 Å². The molecular weight excluding hydrogens is 582 g/mol. The lowest BCUT2D eigenvalue weighted by Gasteiger charge is -2.39. The van der Waals surface area contributed by atoms with Crippen LogP contribution in [-0.4, -0.2) is 83.4 Å². The molecule has 0 aliphatic carbocycles. The van der Waals surface area contributed by atoms with Gasteiger partial charge in [-0.05, 0) is 27.8 Å². The minimum Gasteiger partial charge on any atom is -0.372 e. The van der Waals surface area contributed by atoms with Gasteiger partial charge in [-0.3, -0.25) is 9.59 Å². The summed E-state index contributed by atoms with van der Waals surface area (Å²) in [6.45, 7) is 8.30. The summed E-state index contributed by atoms with van der Waals surface area (Å²) in [5, 5.41) is 2.42. The first-order chi connectivity index (χ1) is 20.8. The summed E-state index contributed by atoms with van der Waals surface area (Å²) in [6.07, 6.45) is 0.346. The van der Waals surface area contributed by atoms with Gasteiger partial charge >= 0.3 is 0 Å². The first kappa shape index (κ1) is 31.4. The molecule has 3 atom stereocenters. The molecule has 44 heavy (non-hydrogen) atoms. The van der Waals surface area contributed by atoms with Crippen molar-refractivity contribution in [2.75, 3.05) is 54.9 Å². The maximum absolute atomic E-state index is 16.5. The van der Waals surface area contributed by atoms with Crippen LogP contribution in [0.15, 0.2) is 35.5 Å². The second-order valence-electron chi connectivity index (χ2n) is 11.5. The van der Waals surface area contributed by atoms with Crippen molar-refractivity contribution in [2.45, 2.75) is 45.4 Å². The van der Waals surface area contributed by atoms with Gasteiger partial charge in [0.2, 0.25) is 5.95 Å². The number of morpholine rings is 1. The van der Waals surface area contributed by atoms with Gasteiger partial charge in [0.25, 0.3) is 17.9 Å². The fourth-order valence-electron chi connectivity index (χ4n) is 5.66. The number of anilines is 3. The minimum absolute atomic E-state index is 0.0266. The van der Waals surface area contributed by atoms with Crippen LogP contribution in [-0.2, 0) is 11.8 Å². The smallest absolute Gasteiger partial charge is 0.264 e. The number of hydrogen-bond acceptors (Lipinski definition) is 8. The number of hydrogen-bond donors (Lipinski definition) is 1.